The first-order valence-electron chi connectivity index (χ1n) is 6.55. The molecule has 0 aromatic heterocycles. The SMILES string of the molecule is COCCc1ccc(O/C=C\C(=O)OC(C)(C)C)cc1. The molecule has 1 rings (SSSR count). The molecule has 4 nitrogen and oxygen atoms in total. The maximum Gasteiger partial charge on any atom is 0.334 e. The van der Waals surface area contributed by atoms with Crippen LogP contribution >= 0.6 is 0 Å². The lowest BCUT2D eigenvalue weighted by Gasteiger charge is -2.17. The van der Waals surface area contributed by atoms with Crippen LogP contribution in [-0.4, -0.2) is 25.3 Å². The van der Waals surface area contributed by atoms with E-state index < -0.39 is 11.6 Å². The van der Waals surface area contributed by atoms with E-state index in [2.05, 4.69) is 0 Å². The number of hydrogen-bond donors (Lipinski definition) is 0. The van der Waals surface area contributed by atoms with Gasteiger partial charge in [0.1, 0.15) is 11.4 Å². The second kappa shape index (κ2) is 7.70. The largest absolute Gasteiger partial charge is 0.465 e. The zero-order valence-corrected chi connectivity index (χ0v) is 12.5. The van der Waals surface area contributed by atoms with Crippen LogP contribution in [0.15, 0.2) is 36.6 Å². The van der Waals surface area contributed by atoms with Gasteiger partial charge in [0, 0.05) is 7.11 Å². The predicted molar refractivity (Wildman–Crippen MR) is 77.6 cm³/mol. The first-order valence-corrected chi connectivity index (χ1v) is 6.55. The van der Waals surface area contributed by atoms with Gasteiger partial charge in [-0.1, -0.05) is 12.1 Å². The molecule has 0 radical (unpaired) electrons. The van der Waals surface area contributed by atoms with Gasteiger partial charge in [0.05, 0.1) is 18.9 Å². The molecule has 0 aliphatic rings. The summed E-state index contributed by atoms with van der Waals surface area (Å²) in [6, 6.07) is 7.64. The first-order chi connectivity index (χ1) is 9.40. The Morgan fingerprint density at radius 1 is 1.20 bits per heavy atom. The van der Waals surface area contributed by atoms with E-state index in [1.54, 1.807) is 7.11 Å². The third kappa shape index (κ3) is 6.95. The average molecular weight is 278 g/mol. The minimum absolute atomic E-state index is 0.422. The van der Waals surface area contributed by atoms with Gasteiger partial charge < -0.3 is 14.2 Å². The second-order valence-electron chi connectivity index (χ2n) is 5.34. The lowest BCUT2D eigenvalue weighted by molar-refractivity contribution is -0.148. The van der Waals surface area contributed by atoms with Crippen molar-refractivity contribution in [1.82, 2.24) is 0 Å². The van der Waals surface area contributed by atoms with Crippen LogP contribution in [0.4, 0.5) is 0 Å². The predicted octanol–water partition coefficient (Wildman–Crippen LogP) is 3.11. The van der Waals surface area contributed by atoms with Crippen LogP contribution in [0.3, 0.4) is 0 Å². The molecule has 0 amide bonds. The summed E-state index contributed by atoms with van der Waals surface area (Å²) < 4.78 is 15.5. The van der Waals surface area contributed by atoms with Crippen LogP contribution in [-0.2, 0) is 20.7 Å². The van der Waals surface area contributed by atoms with Gasteiger partial charge in [0.15, 0.2) is 0 Å². The van der Waals surface area contributed by atoms with Gasteiger partial charge in [-0.25, -0.2) is 4.79 Å². The molecule has 0 aliphatic carbocycles. The van der Waals surface area contributed by atoms with Gasteiger partial charge in [0.25, 0.3) is 0 Å². The molecule has 0 bridgehead atoms. The molecule has 0 saturated carbocycles. The number of methoxy groups -OCH3 is 1. The van der Waals surface area contributed by atoms with E-state index >= 15 is 0 Å². The molecule has 0 atom stereocenters. The Hall–Kier alpha value is -1.81. The summed E-state index contributed by atoms with van der Waals surface area (Å²) in [6.45, 7) is 6.15. The Bertz CT molecular complexity index is 441. The number of esters is 1. The van der Waals surface area contributed by atoms with Crippen LogP contribution in [0.25, 0.3) is 0 Å². The number of hydrogen-bond acceptors (Lipinski definition) is 4. The molecule has 4 heteroatoms. The average Bonchev–Trinajstić information content (AvgIpc) is 2.35. The van der Waals surface area contributed by atoms with Crippen molar-refractivity contribution >= 4 is 5.97 Å². The zero-order valence-electron chi connectivity index (χ0n) is 12.5. The van der Waals surface area contributed by atoms with Crippen LogP contribution in [0.2, 0.25) is 0 Å². The Balaban J connectivity index is 2.43. The van der Waals surface area contributed by atoms with Gasteiger partial charge in [-0.2, -0.15) is 0 Å². The van der Waals surface area contributed by atoms with E-state index in [0.717, 1.165) is 6.42 Å². The lowest BCUT2D eigenvalue weighted by atomic mass is 10.1. The van der Waals surface area contributed by atoms with Crippen molar-refractivity contribution in [3.8, 4) is 5.75 Å². The number of ether oxygens (including phenoxy) is 3. The minimum atomic E-state index is -0.496. The highest BCUT2D eigenvalue weighted by Crippen LogP contribution is 2.13. The van der Waals surface area contributed by atoms with E-state index in [9.17, 15) is 4.79 Å². The van der Waals surface area contributed by atoms with Gasteiger partial charge in [-0.15, -0.1) is 0 Å². The number of carbonyl (C=O) groups excluding carboxylic acids is 1. The van der Waals surface area contributed by atoms with Gasteiger partial charge in [-0.3, -0.25) is 0 Å². The van der Waals surface area contributed by atoms with Gasteiger partial charge >= 0.3 is 5.97 Å². The Labute approximate surface area is 120 Å². The number of carbonyl (C=O) groups is 1. The smallest absolute Gasteiger partial charge is 0.334 e. The van der Waals surface area contributed by atoms with Gasteiger partial charge in [0.2, 0.25) is 0 Å². The maximum absolute atomic E-state index is 11.4. The fourth-order valence-corrected chi connectivity index (χ4v) is 1.46. The summed E-state index contributed by atoms with van der Waals surface area (Å²) >= 11 is 0. The summed E-state index contributed by atoms with van der Waals surface area (Å²) in [5.41, 5.74) is 0.681. The Morgan fingerprint density at radius 2 is 1.85 bits per heavy atom. The van der Waals surface area contributed by atoms with E-state index in [0.29, 0.717) is 12.4 Å². The molecule has 0 saturated heterocycles. The monoisotopic (exact) mass is 278 g/mol. The summed E-state index contributed by atoms with van der Waals surface area (Å²) in [6.07, 6.45) is 3.47. The lowest BCUT2D eigenvalue weighted by Crippen LogP contribution is -2.22. The van der Waals surface area contributed by atoms with Crippen LogP contribution in [0.1, 0.15) is 26.3 Å². The molecular formula is C16H22O4. The van der Waals surface area contributed by atoms with E-state index in [1.807, 2.05) is 45.0 Å². The highest BCUT2D eigenvalue weighted by Gasteiger charge is 2.13. The highest BCUT2D eigenvalue weighted by atomic mass is 16.6. The van der Waals surface area contributed by atoms with Crippen molar-refractivity contribution < 1.29 is 19.0 Å². The molecule has 0 aliphatic heterocycles. The van der Waals surface area contributed by atoms with E-state index in [4.69, 9.17) is 14.2 Å². The molecule has 110 valence electrons. The van der Waals surface area contributed by atoms with Crippen molar-refractivity contribution in [2.24, 2.45) is 0 Å². The van der Waals surface area contributed by atoms with Crippen molar-refractivity contribution in [2.75, 3.05) is 13.7 Å². The molecular weight excluding hydrogens is 256 g/mol. The summed E-state index contributed by atoms with van der Waals surface area (Å²) in [5.74, 6) is 0.250. The van der Waals surface area contributed by atoms with Crippen LogP contribution < -0.4 is 4.74 Å². The minimum Gasteiger partial charge on any atom is -0.465 e. The second-order valence-corrected chi connectivity index (χ2v) is 5.34. The quantitative estimate of drug-likeness (QED) is 0.455. The van der Waals surface area contributed by atoms with E-state index in [-0.39, 0.29) is 0 Å². The van der Waals surface area contributed by atoms with Crippen LogP contribution in [0, 0.1) is 0 Å². The molecule has 0 fully saturated rings. The molecule has 1 aromatic carbocycles. The standard InChI is InChI=1S/C16H22O4/c1-16(2,3)20-15(17)10-12-19-14-7-5-13(6-8-14)9-11-18-4/h5-8,10,12H,9,11H2,1-4H3/b12-10-. The summed E-state index contributed by atoms with van der Waals surface area (Å²) in [4.78, 5) is 11.4. The van der Waals surface area contributed by atoms with Crippen molar-refractivity contribution in [3.05, 3.63) is 42.2 Å². The summed E-state index contributed by atoms with van der Waals surface area (Å²) in [5, 5.41) is 0. The first kappa shape index (κ1) is 16.2. The van der Waals surface area contributed by atoms with E-state index in [1.165, 1.54) is 17.9 Å². The fourth-order valence-electron chi connectivity index (χ4n) is 1.46. The van der Waals surface area contributed by atoms with Gasteiger partial charge in [-0.05, 0) is 44.9 Å². The molecule has 20 heavy (non-hydrogen) atoms. The molecule has 0 heterocycles. The Morgan fingerprint density at radius 3 is 2.40 bits per heavy atom. The number of benzene rings is 1. The normalized spacial score (nSPS) is 11.6. The van der Waals surface area contributed by atoms with Crippen molar-refractivity contribution in [2.45, 2.75) is 32.8 Å². The maximum atomic E-state index is 11.4. The van der Waals surface area contributed by atoms with Crippen LogP contribution in [0.5, 0.6) is 5.75 Å². The molecule has 0 spiro atoms. The fraction of sp³-hybridized carbons (Fsp3) is 0.438. The summed E-state index contributed by atoms with van der Waals surface area (Å²) in [7, 11) is 1.68. The Kier molecular flexibility index (Phi) is 6.25. The highest BCUT2D eigenvalue weighted by molar-refractivity contribution is 5.82. The molecule has 0 N–H and O–H groups in total. The molecule has 0 unspecified atom stereocenters. The van der Waals surface area contributed by atoms with Crippen molar-refractivity contribution in [3.63, 3.8) is 0 Å². The number of rotatable bonds is 6. The molecule has 1 aromatic rings. The third-order valence-corrected chi connectivity index (χ3v) is 2.33. The third-order valence-electron chi connectivity index (χ3n) is 2.33. The zero-order chi connectivity index (χ0) is 15.0. The topological polar surface area (TPSA) is 44.8 Å². The van der Waals surface area contributed by atoms with Crippen molar-refractivity contribution in [1.29, 1.82) is 0 Å².